The summed E-state index contributed by atoms with van der Waals surface area (Å²) in [4.78, 5) is 3.94. The molecule has 0 saturated heterocycles. The van der Waals surface area contributed by atoms with E-state index in [-0.39, 0.29) is 16.5 Å². The van der Waals surface area contributed by atoms with Crippen molar-refractivity contribution < 1.29 is 12.8 Å². The van der Waals surface area contributed by atoms with Gasteiger partial charge in [-0.25, -0.2) is 18.1 Å². The van der Waals surface area contributed by atoms with Gasteiger partial charge in [0.05, 0.1) is 28.3 Å². The molecule has 6 nitrogen and oxygen atoms in total. The number of oxazole rings is 1. The highest BCUT2D eigenvalue weighted by molar-refractivity contribution is 7.89. The number of nitrogens with one attached hydrogen (secondary N) is 1. The van der Waals surface area contributed by atoms with E-state index in [2.05, 4.69) is 9.71 Å². The zero-order valence-corrected chi connectivity index (χ0v) is 11.6. The number of rotatable bonds is 4. The molecule has 2 rings (SSSR count). The van der Waals surface area contributed by atoms with Gasteiger partial charge in [0.1, 0.15) is 5.76 Å². The van der Waals surface area contributed by atoms with Crippen molar-refractivity contribution in [1.29, 1.82) is 0 Å². The van der Waals surface area contributed by atoms with Crippen LogP contribution in [0.3, 0.4) is 0 Å². The summed E-state index contributed by atoms with van der Waals surface area (Å²) in [6.45, 7) is 1.70. The number of nitrogens with two attached hydrogens (primary N) is 1. The molecule has 0 saturated carbocycles. The Bertz CT molecular complexity index is 697. The summed E-state index contributed by atoms with van der Waals surface area (Å²) < 4.78 is 31.5. The van der Waals surface area contributed by atoms with Gasteiger partial charge in [-0.3, -0.25) is 0 Å². The molecule has 102 valence electrons. The highest BCUT2D eigenvalue weighted by Gasteiger charge is 2.16. The molecule has 0 bridgehead atoms. The summed E-state index contributed by atoms with van der Waals surface area (Å²) in [5, 5.41) is 0.190. The van der Waals surface area contributed by atoms with Gasteiger partial charge in [-0.1, -0.05) is 11.6 Å². The molecule has 19 heavy (non-hydrogen) atoms. The predicted octanol–water partition coefficient (Wildman–Crippen LogP) is 1.70. The summed E-state index contributed by atoms with van der Waals surface area (Å²) in [7, 11) is -3.68. The molecule has 0 fully saturated rings. The Morgan fingerprint density at radius 1 is 1.47 bits per heavy atom. The summed E-state index contributed by atoms with van der Waals surface area (Å²) in [5.74, 6) is 0.910. The lowest BCUT2D eigenvalue weighted by Gasteiger charge is -2.06. The van der Waals surface area contributed by atoms with Gasteiger partial charge in [0.15, 0.2) is 0 Å². The fourth-order valence-electron chi connectivity index (χ4n) is 1.40. The number of nitrogen functional groups attached to an aromatic ring is 1. The Labute approximate surface area is 115 Å². The van der Waals surface area contributed by atoms with Gasteiger partial charge < -0.3 is 10.2 Å². The minimum Gasteiger partial charge on any atom is -0.445 e. The normalized spacial score (nSPS) is 11.7. The van der Waals surface area contributed by atoms with E-state index in [1.54, 1.807) is 6.92 Å². The molecule has 0 aliphatic heterocycles. The topological polar surface area (TPSA) is 98.2 Å². The average Bonchev–Trinajstić information content (AvgIpc) is 2.76. The third kappa shape index (κ3) is 3.25. The zero-order chi connectivity index (χ0) is 14.0. The average molecular weight is 302 g/mol. The van der Waals surface area contributed by atoms with Crippen LogP contribution in [-0.2, 0) is 16.6 Å². The van der Waals surface area contributed by atoms with Gasteiger partial charge in [0, 0.05) is 0 Å². The zero-order valence-electron chi connectivity index (χ0n) is 10.1. The van der Waals surface area contributed by atoms with Crippen LogP contribution in [0.25, 0.3) is 0 Å². The maximum absolute atomic E-state index is 12.0. The summed E-state index contributed by atoms with van der Waals surface area (Å²) in [6, 6.07) is 4.11. The van der Waals surface area contributed by atoms with Crippen LogP contribution >= 0.6 is 11.6 Å². The van der Waals surface area contributed by atoms with Gasteiger partial charge in [-0.15, -0.1) is 0 Å². The number of benzene rings is 1. The molecule has 0 unspecified atom stereocenters. The Morgan fingerprint density at radius 2 is 2.21 bits per heavy atom. The fourth-order valence-corrected chi connectivity index (χ4v) is 2.64. The summed E-state index contributed by atoms with van der Waals surface area (Å²) in [6.07, 6.45) is 1.52. The van der Waals surface area contributed by atoms with Crippen molar-refractivity contribution in [2.75, 3.05) is 5.73 Å². The molecule has 0 amide bonds. The molecule has 0 radical (unpaired) electrons. The second-order valence-electron chi connectivity index (χ2n) is 3.87. The first-order valence-corrected chi connectivity index (χ1v) is 7.20. The van der Waals surface area contributed by atoms with Gasteiger partial charge in [-0.05, 0) is 25.1 Å². The Balaban J connectivity index is 2.16. The molecule has 1 aromatic carbocycles. The molecule has 1 heterocycles. The largest absolute Gasteiger partial charge is 0.445 e. The Morgan fingerprint density at radius 3 is 2.79 bits per heavy atom. The van der Waals surface area contributed by atoms with Gasteiger partial charge in [-0.2, -0.15) is 0 Å². The smallest absolute Gasteiger partial charge is 0.241 e. The van der Waals surface area contributed by atoms with Crippen molar-refractivity contribution in [1.82, 2.24) is 9.71 Å². The van der Waals surface area contributed by atoms with Crippen LogP contribution in [0.15, 0.2) is 33.7 Å². The number of nitrogens with zero attached hydrogens (tertiary/aromatic N) is 1. The SMILES string of the molecule is Cc1cnc(CNS(=O)(=O)c2ccc(N)c(Cl)c2)o1. The lowest BCUT2D eigenvalue weighted by molar-refractivity contribution is 0.463. The highest BCUT2D eigenvalue weighted by Crippen LogP contribution is 2.22. The van der Waals surface area contributed by atoms with Crippen molar-refractivity contribution in [3.63, 3.8) is 0 Å². The molecule has 0 aliphatic carbocycles. The molecule has 1 aromatic heterocycles. The molecule has 0 spiro atoms. The first kappa shape index (κ1) is 13.9. The fraction of sp³-hybridized carbons (Fsp3) is 0.182. The molecule has 3 N–H and O–H groups in total. The van der Waals surface area contributed by atoms with E-state index >= 15 is 0 Å². The van der Waals surface area contributed by atoms with Crippen molar-refractivity contribution in [3.8, 4) is 0 Å². The summed E-state index contributed by atoms with van der Waals surface area (Å²) >= 11 is 5.79. The van der Waals surface area contributed by atoms with Crippen molar-refractivity contribution in [2.45, 2.75) is 18.4 Å². The van der Waals surface area contributed by atoms with E-state index in [4.69, 9.17) is 21.8 Å². The van der Waals surface area contributed by atoms with Crippen LogP contribution in [0.2, 0.25) is 5.02 Å². The number of aryl methyl sites for hydroxylation is 1. The number of halogens is 1. The monoisotopic (exact) mass is 301 g/mol. The van der Waals surface area contributed by atoms with Crippen LogP contribution in [0, 0.1) is 6.92 Å². The lowest BCUT2D eigenvalue weighted by atomic mass is 10.3. The highest BCUT2D eigenvalue weighted by atomic mass is 35.5. The maximum Gasteiger partial charge on any atom is 0.241 e. The molecule has 0 atom stereocenters. The number of aromatic nitrogens is 1. The summed E-state index contributed by atoms with van der Waals surface area (Å²) in [5.41, 5.74) is 5.85. The minimum atomic E-state index is -3.68. The van der Waals surface area contributed by atoms with Crippen LogP contribution in [0.5, 0.6) is 0 Å². The van der Waals surface area contributed by atoms with E-state index in [0.29, 0.717) is 17.3 Å². The van der Waals surface area contributed by atoms with Crippen LogP contribution < -0.4 is 10.5 Å². The third-order valence-corrected chi connectivity index (χ3v) is 4.09. The van der Waals surface area contributed by atoms with E-state index in [9.17, 15) is 8.42 Å². The van der Waals surface area contributed by atoms with Crippen molar-refractivity contribution in [2.24, 2.45) is 0 Å². The molecule has 0 aliphatic rings. The lowest BCUT2D eigenvalue weighted by Crippen LogP contribution is -2.23. The molecular formula is C11H12ClN3O3S. The Hall–Kier alpha value is -1.57. The van der Waals surface area contributed by atoms with Gasteiger partial charge in [0.2, 0.25) is 15.9 Å². The van der Waals surface area contributed by atoms with E-state index < -0.39 is 10.0 Å². The number of hydrogen-bond acceptors (Lipinski definition) is 5. The molecule has 2 aromatic rings. The predicted molar refractivity (Wildman–Crippen MR) is 71.1 cm³/mol. The number of hydrogen-bond donors (Lipinski definition) is 2. The number of sulfonamides is 1. The first-order valence-electron chi connectivity index (χ1n) is 5.34. The first-order chi connectivity index (χ1) is 8.88. The molecule has 8 heteroatoms. The van der Waals surface area contributed by atoms with E-state index in [0.717, 1.165) is 0 Å². The Kier molecular flexibility index (Phi) is 3.79. The van der Waals surface area contributed by atoms with Crippen LogP contribution in [0.4, 0.5) is 5.69 Å². The minimum absolute atomic E-state index is 0.0296. The quantitative estimate of drug-likeness (QED) is 0.837. The van der Waals surface area contributed by atoms with E-state index in [1.165, 1.54) is 24.4 Å². The van der Waals surface area contributed by atoms with Gasteiger partial charge >= 0.3 is 0 Å². The second-order valence-corrected chi connectivity index (χ2v) is 6.05. The van der Waals surface area contributed by atoms with Gasteiger partial charge in [0.25, 0.3) is 0 Å². The second kappa shape index (κ2) is 5.20. The van der Waals surface area contributed by atoms with Crippen molar-refractivity contribution >= 4 is 27.3 Å². The van der Waals surface area contributed by atoms with Crippen LogP contribution in [-0.4, -0.2) is 13.4 Å². The molecular weight excluding hydrogens is 290 g/mol. The van der Waals surface area contributed by atoms with E-state index in [1.807, 2.05) is 0 Å². The van der Waals surface area contributed by atoms with Crippen LogP contribution in [0.1, 0.15) is 11.7 Å². The number of anilines is 1. The van der Waals surface area contributed by atoms with Crippen molar-refractivity contribution in [3.05, 3.63) is 41.1 Å². The third-order valence-electron chi connectivity index (χ3n) is 2.36. The maximum atomic E-state index is 12.0. The standard InChI is InChI=1S/C11H12ClN3O3S/c1-7-5-14-11(18-7)6-15-19(16,17)8-2-3-10(13)9(12)4-8/h2-5,15H,6,13H2,1H3.